The molecule has 3 aromatic rings. The van der Waals surface area contributed by atoms with Gasteiger partial charge in [-0.2, -0.15) is 0 Å². The van der Waals surface area contributed by atoms with Gasteiger partial charge in [0, 0.05) is 19.2 Å². The summed E-state index contributed by atoms with van der Waals surface area (Å²) in [6, 6.07) is 9.54. The summed E-state index contributed by atoms with van der Waals surface area (Å²) in [5.41, 5.74) is 1.64. The van der Waals surface area contributed by atoms with Crippen molar-refractivity contribution in [2.45, 2.75) is 13.5 Å². The number of likely N-dealkylation sites (N-methyl/N-ethyl adjacent to an activating group) is 1. The van der Waals surface area contributed by atoms with Crippen molar-refractivity contribution in [2.24, 2.45) is 7.05 Å². The van der Waals surface area contributed by atoms with Crippen LogP contribution in [0.1, 0.15) is 6.92 Å². The number of hydrogen-bond donors (Lipinski definition) is 1. The second-order valence-electron chi connectivity index (χ2n) is 5.15. The highest BCUT2D eigenvalue weighted by Gasteiger charge is 2.16. The van der Waals surface area contributed by atoms with Crippen LogP contribution in [0.2, 0.25) is 0 Å². The Morgan fingerprint density at radius 3 is 2.70 bits per heavy atom. The number of rotatable bonds is 4. The summed E-state index contributed by atoms with van der Waals surface area (Å²) in [6.07, 6.45) is 1.59. The lowest BCUT2D eigenvalue weighted by atomic mass is 10.2. The molecule has 0 radical (unpaired) electrons. The van der Waals surface area contributed by atoms with E-state index in [0.717, 1.165) is 5.56 Å². The smallest absolute Gasteiger partial charge is 0.330 e. The summed E-state index contributed by atoms with van der Waals surface area (Å²) in [5.74, 6) is 0.332. The van der Waals surface area contributed by atoms with E-state index in [1.54, 1.807) is 13.2 Å². The standard InChI is InChI=1S/C16H17N5O2/c1-3-17-13(22)10-21-12-9-18-14(11-7-5-4-6-8-11)19-15(12)20(2)16(21)23/h4-9H,3,10H2,1-2H3,(H,17,22). The van der Waals surface area contributed by atoms with Gasteiger partial charge < -0.3 is 5.32 Å². The molecule has 0 fully saturated rings. The van der Waals surface area contributed by atoms with Crippen LogP contribution in [0.25, 0.3) is 22.6 Å². The SMILES string of the molecule is CCNC(=O)Cn1c(=O)n(C)c2nc(-c3ccccc3)ncc21. The minimum Gasteiger partial charge on any atom is -0.355 e. The van der Waals surface area contributed by atoms with Crippen molar-refractivity contribution in [3.63, 3.8) is 0 Å². The van der Waals surface area contributed by atoms with Crippen LogP contribution in [0.3, 0.4) is 0 Å². The van der Waals surface area contributed by atoms with Crippen LogP contribution in [0, 0.1) is 0 Å². The van der Waals surface area contributed by atoms with Crippen molar-refractivity contribution < 1.29 is 4.79 Å². The van der Waals surface area contributed by atoms with Crippen molar-refractivity contribution >= 4 is 17.1 Å². The molecule has 0 unspecified atom stereocenters. The third-order valence-corrected chi connectivity index (χ3v) is 3.58. The number of fused-ring (bicyclic) bond motifs is 1. The Bertz CT molecular complexity index is 911. The normalized spacial score (nSPS) is 10.9. The number of aromatic nitrogens is 4. The Morgan fingerprint density at radius 2 is 2.00 bits per heavy atom. The summed E-state index contributed by atoms with van der Waals surface area (Å²) in [7, 11) is 1.64. The topological polar surface area (TPSA) is 81.8 Å². The van der Waals surface area contributed by atoms with Gasteiger partial charge in [0.15, 0.2) is 11.5 Å². The molecule has 23 heavy (non-hydrogen) atoms. The fourth-order valence-electron chi connectivity index (χ4n) is 2.45. The van der Waals surface area contributed by atoms with Gasteiger partial charge in [0.25, 0.3) is 0 Å². The van der Waals surface area contributed by atoms with Crippen LogP contribution in [-0.4, -0.2) is 31.6 Å². The zero-order valence-corrected chi connectivity index (χ0v) is 13.0. The molecule has 0 atom stereocenters. The molecule has 0 saturated carbocycles. The summed E-state index contributed by atoms with van der Waals surface area (Å²) in [6.45, 7) is 2.31. The molecule has 0 spiro atoms. The number of amides is 1. The molecule has 7 nitrogen and oxygen atoms in total. The first-order chi connectivity index (χ1) is 11.1. The highest BCUT2D eigenvalue weighted by atomic mass is 16.2. The van der Waals surface area contributed by atoms with E-state index >= 15 is 0 Å². The highest BCUT2D eigenvalue weighted by Crippen LogP contribution is 2.17. The molecular weight excluding hydrogens is 294 g/mol. The van der Waals surface area contributed by atoms with Gasteiger partial charge in [0.1, 0.15) is 12.1 Å². The molecule has 0 aliphatic heterocycles. The van der Waals surface area contributed by atoms with Gasteiger partial charge in [-0.05, 0) is 6.92 Å². The third kappa shape index (κ3) is 2.73. The van der Waals surface area contributed by atoms with Crippen molar-refractivity contribution in [3.8, 4) is 11.4 Å². The molecular formula is C16H17N5O2. The summed E-state index contributed by atoms with van der Waals surface area (Å²) in [4.78, 5) is 32.9. The Hall–Kier alpha value is -2.96. The fourth-order valence-corrected chi connectivity index (χ4v) is 2.45. The Morgan fingerprint density at radius 1 is 1.26 bits per heavy atom. The second-order valence-corrected chi connectivity index (χ2v) is 5.15. The predicted octanol–water partition coefficient (Wildman–Crippen LogP) is 0.933. The number of nitrogens with zero attached hydrogens (tertiary/aromatic N) is 4. The Balaban J connectivity index is 2.10. The van der Waals surface area contributed by atoms with E-state index in [9.17, 15) is 9.59 Å². The first-order valence-corrected chi connectivity index (χ1v) is 7.36. The highest BCUT2D eigenvalue weighted by molar-refractivity contribution is 5.79. The summed E-state index contributed by atoms with van der Waals surface area (Å²) in [5, 5.41) is 2.68. The Labute approximate surface area is 132 Å². The minimum atomic E-state index is -0.286. The van der Waals surface area contributed by atoms with Crippen molar-refractivity contribution in [3.05, 3.63) is 47.0 Å². The van der Waals surface area contributed by atoms with E-state index in [-0.39, 0.29) is 18.1 Å². The van der Waals surface area contributed by atoms with Gasteiger partial charge >= 0.3 is 5.69 Å². The number of hydrogen-bond acceptors (Lipinski definition) is 4. The minimum absolute atomic E-state index is 0.0436. The number of benzene rings is 1. The van der Waals surface area contributed by atoms with Crippen LogP contribution in [-0.2, 0) is 18.4 Å². The van der Waals surface area contributed by atoms with Crippen LogP contribution in [0.4, 0.5) is 0 Å². The zero-order chi connectivity index (χ0) is 16.4. The third-order valence-electron chi connectivity index (χ3n) is 3.58. The van der Waals surface area contributed by atoms with Crippen LogP contribution < -0.4 is 11.0 Å². The molecule has 7 heteroatoms. The summed E-state index contributed by atoms with van der Waals surface area (Å²) < 4.78 is 2.82. The maximum absolute atomic E-state index is 12.4. The maximum Gasteiger partial charge on any atom is 0.330 e. The van der Waals surface area contributed by atoms with Gasteiger partial charge in [-0.15, -0.1) is 0 Å². The molecule has 0 saturated heterocycles. The first-order valence-electron chi connectivity index (χ1n) is 7.36. The molecule has 1 N–H and O–H groups in total. The predicted molar refractivity (Wildman–Crippen MR) is 86.9 cm³/mol. The van der Waals surface area contributed by atoms with Crippen molar-refractivity contribution in [1.82, 2.24) is 24.4 Å². The maximum atomic E-state index is 12.4. The average molecular weight is 311 g/mol. The largest absolute Gasteiger partial charge is 0.355 e. The first kappa shape index (κ1) is 15.0. The van der Waals surface area contributed by atoms with E-state index in [4.69, 9.17) is 0 Å². The molecule has 3 rings (SSSR count). The fraction of sp³-hybridized carbons (Fsp3) is 0.250. The molecule has 1 amide bonds. The lowest BCUT2D eigenvalue weighted by molar-refractivity contribution is -0.121. The number of nitrogens with one attached hydrogen (secondary N) is 1. The Kier molecular flexibility index (Phi) is 3.92. The van der Waals surface area contributed by atoms with E-state index in [1.165, 1.54) is 9.13 Å². The number of carbonyl (C=O) groups excluding carboxylic acids is 1. The van der Waals surface area contributed by atoms with Gasteiger partial charge in [-0.1, -0.05) is 30.3 Å². The van der Waals surface area contributed by atoms with Gasteiger partial charge in [-0.3, -0.25) is 13.9 Å². The van der Waals surface area contributed by atoms with E-state index < -0.39 is 0 Å². The van der Waals surface area contributed by atoms with E-state index in [2.05, 4.69) is 15.3 Å². The molecule has 0 aliphatic rings. The van der Waals surface area contributed by atoms with E-state index in [0.29, 0.717) is 23.5 Å². The molecule has 118 valence electrons. The number of aryl methyl sites for hydroxylation is 1. The number of carbonyl (C=O) groups is 1. The van der Waals surface area contributed by atoms with Gasteiger partial charge in [-0.25, -0.2) is 14.8 Å². The number of imidazole rings is 1. The molecule has 2 aromatic heterocycles. The lowest BCUT2D eigenvalue weighted by Crippen LogP contribution is -2.32. The second kappa shape index (κ2) is 6.04. The van der Waals surface area contributed by atoms with Crippen LogP contribution >= 0.6 is 0 Å². The van der Waals surface area contributed by atoms with Gasteiger partial charge in [0.2, 0.25) is 5.91 Å². The summed E-state index contributed by atoms with van der Waals surface area (Å²) >= 11 is 0. The molecule has 0 bridgehead atoms. The lowest BCUT2D eigenvalue weighted by Gasteiger charge is -2.04. The van der Waals surface area contributed by atoms with Crippen LogP contribution in [0.15, 0.2) is 41.3 Å². The van der Waals surface area contributed by atoms with E-state index in [1.807, 2.05) is 37.3 Å². The molecule has 2 heterocycles. The molecule has 0 aliphatic carbocycles. The average Bonchev–Trinajstić information content (AvgIpc) is 2.80. The quantitative estimate of drug-likeness (QED) is 0.777. The van der Waals surface area contributed by atoms with Crippen molar-refractivity contribution in [2.75, 3.05) is 6.54 Å². The van der Waals surface area contributed by atoms with Gasteiger partial charge in [0.05, 0.1) is 6.20 Å². The zero-order valence-electron chi connectivity index (χ0n) is 13.0. The monoisotopic (exact) mass is 311 g/mol. The van der Waals surface area contributed by atoms with Crippen LogP contribution in [0.5, 0.6) is 0 Å². The van der Waals surface area contributed by atoms with Crippen molar-refractivity contribution in [1.29, 1.82) is 0 Å². The molecule has 1 aromatic carbocycles.